The number of sulfonamides is 1. The highest BCUT2D eigenvalue weighted by molar-refractivity contribution is 7.93. The van der Waals surface area contributed by atoms with Crippen molar-refractivity contribution >= 4 is 27.6 Å². The summed E-state index contributed by atoms with van der Waals surface area (Å²) in [5.74, 6) is -0.0493. The minimum absolute atomic E-state index is 0.108. The number of ether oxygens (including phenoxy) is 2. The largest absolute Gasteiger partial charge is 0.479 e. The van der Waals surface area contributed by atoms with E-state index in [4.69, 9.17) is 21.1 Å². The van der Waals surface area contributed by atoms with E-state index in [0.717, 1.165) is 0 Å². The first-order chi connectivity index (χ1) is 17.2. The van der Waals surface area contributed by atoms with Gasteiger partial charge in [0.05, 0.1) is 36.3 Å². The molecule has 0 aliphatic heterocycles. The van der Waals surface area contributed by atoms with Crippen LogP contribution in [-0.2, 0) is 17.1 Å². The molecule has 0 aromatic carbocycles. The Balaban J connectivity index is 1.81. The van der Waals surface area contributed by atoms with Gasteiger partial charge in [-0.2, -0.15) is 15.1 Å². The zero-order chi connectivity index (χ0) is 26.0. The van der Waals surface area contributed by atoms with Crippen molar-refractivity contribution in [1.82, 2.24) is 39.5 Å². The van der Waals surface area contributed by atoms with E-state index < -0.39 is 21.2 Å². The monoisotopic (exact) mass is 533 g/mol. The number of pyridine rings is 1. The molecule has 190 valence electrons. The molecule has 4 aromatic heterocycles. The van der Waals surface area contributed by atoms with Gasteiger partial charge in [0.2, 0.25) is 27.7 Å². The van der Waals surface area contributed by atoms with Gasteiger partial charge in [0.15, 0.2) is 11.5 Å². The normalized spacial score (nSPS) is 13.3. The zero-order valence-corrected chi connectivity index (χ0v) is 21.7. The maximum absolute atomic E-state index is 13.5. The summed E-state index contributed by atoms with van der Waals surface area (Å²) in [6.07, 6.45) is 6.02. The van der Waals surface area contributed by atoms with E-state index in [1.807, 2.05) is 0 Å². The molecule has 4 aromatic rings. The number of halogens is 1. The van der Waals surface area contributed by atoms with Crippen molar-refractivity contribution in [3.05, 3.63) is 47.8 Å². The molecule has 4 heterocycles. The average molecular weight is 534 g/mol. The van der Waals surface area contributed by atoms with E-state index in [-0.39, 0.29) is 29.2 Å². The molecule has 0 saturated carbocycles. The van der Waals surface area contributed by atoms with Crippen molar-refractivity contribution in [2.75, 3.05) is 18.9 Å². The first kappa shape index (κ1) is 25.3. The Labute approximate surface area is 212 Å². The molecular weight excluding hydrogens is 510 g/mol. The fraction of sp³-hybridized carbons (Fsp3) is 0.333. The van der Waals surface area contributed by atoms with Crippen molar-refractivity contribution in [2.24, 2.45) is 7.05 Å². The first-order valence-electron chi connectivity index (χ1n) is 10.7. The summed E-state index contributed by atoms with van der Waals surface area (Å²) in [6, 6.07) is 3.36. The lowest BCUT2D eigenvalue weighted by Crippen LogP contribution is -2.31. The minimum Gasteiger partial charge on any atom is -0.479 e. The van der Waals surface area contributed by atoms with Gasteiger partial charge in [-0.25, -0.2) is 8.42 Å². The van der Waals surface area contributed by atoms with Gasteiger partial charge in [-0.1, -0.05) is 18.5 Å². The van der Waals surface area contributed by atoms with E-state index >= 15 is 0 Å². The lowest BCUT2D eigenvalue weighted by atomic mass is 10.0. The van der Waals surface area contributed by atoms with Crippen molar-refractivity contribution < 1.29 is 17.9 Å². The Morgan fingerprint density at radius 1 is 1.03 bits per heavy atom. The molecule has 0 amide bonds. The van der Waals surface area contributed by atoms with Crippen LogP contribution < -0.4 is 14.2 Å². The Hall–Kier alpha value is -3.78. The molecule has 0 aliphatic rings. The molecular formula is C21H24ClN9O4S. The summed E-state index contributed by atoms with van der Waals surface area (Å²) in [6.45, 7) is 3.35. The molecule has 13 nitrogen and oxygen atoms in total. The predicted octanol–water partition coefficient (Wildman–Crippen LogP) is 2.46. The average Bonchev–Trinajstić information content (AvgIpc) is 3.48. The van der Waals surface area contributed by atoms with Crippen molar-refractivity contribution in [3.63, 3.8) is 0 Å². The van der Waals surface area contributed by atoms with Crippen molar-refractivity contribution in [2.45, 2.75) is 25.0 Å². The third-order valence-electron chi connectivity index (χ3n) is 5.64. The highest BCUT2D eigenvalue weighted by Gasteiger charge is 2.32. The topological polar surface area (TPSA) is 152 Å². The lowest BCUT2D eigenvalue weighted by molar-refractivity contribution is 0.368. The van der Waals surface area contributed by atoms with Gasteiger partial charge in [0.25, 0.3) is 0 Å². The van der Waals surface area contributed by atoms with Crippen LogP contribution in [0.4, 0.5) is 5.95 Å². The van der Waals surface area contributed by atoms with Gasteiger partial charge in [0, 0.05) is 31.1 Å². The minimum atomic E-state index is -3.99. The van der Waals surface area contributed by atoms with E-state index in [0.29, 0.717) is 16.3 Å². The molecule has 1 N–H and O–H groups in total. The standard InChI is InChI=1S/C21H24ClN9O4S/c1-12(16-7-6-15(22)9-23-16)13(2)36(32,33)29-21-28-27-18(14-8-26-30(3)10-14)31(21)17-19(34-4)24-11-25-20(17)35-5/h6-13H,1-5H3,(H,28,29). The molecule has 2 atom stereocenters. The van der Waals surface area contributed by atoms with Crippen LogP contribution in [0.15, 0.2) is 37.1 Å². The number of rotatable bonds is 9. The maximum Gasteiger partial charge on any atom is 0.245 e. The smallest absolute Gasteiger partial charge is 0.245 e. The van der Waals surface area contributed by atoms with E-state index in [9.17, 15) is 8.42 Å². The lowest BCUT2D eigenvalue weighted by Gasteiger charge is -2.21. The second kappa shape index (κ2) is 10.1. The summed E-state index contributed by atoms with van der Waals surface area (Å²) in [5, 5.41) is 12.1. The second-order valence-electron chi connectivity index (χ2n) is 7.87. The number of anilines is 1. The molecule has 4 rings (SSSR count). The van der Waals surface area contributed by atoms with E-state index in [2.05, 4.69) is 35.0 Å². The van der Waals surface area contributed by atoms with Gasteiger partial charge >= 0.3 is 0 Å². The molecule has 0 radical (unpaired) electrons. The summed E-state index contributed by atoms with van der Waals surface area (Å²) < 4.78 is 43.3. The van der Waals surface area contributed by atoms with Crippen LogP contribution >= 0.6 is 11.6 Å². The van der Waals surface area contributed by atoms with Gasteiger partial charge in [-0.05, 0) is 19.1 Å². The molecule has 0 bridgehead atoms. The highest BCUT2D eigenvalue weighted by Crippen LogP contribution is 2.35. The van der Waals surface area contributed by atoms with E-state index in [1.165, 1.54) is 31.3 Å². The van der Waals surface area contributed by atoms with Crippen LogP contribution in [0.5, 0.6) is 11.8 Å². The Morgan fingerprint density at radius 2 is 1.72 bits per heavy atom. The van der Waals surface area contributed by atoms with Crippen LogP contribution in [0.25, 0.3) is 17.1 Å². The van der Waals surface area contributed by atoms with Crippen LogP contribution in [0.1, 0.15) is 25.5 Å². The number of hydrogen-bond acceptors (Lipinski definition) is 10. The molecule has 0 spiro atoms. The number of hydrogen-bond donors (Lipinski definition) is 1. The molecule has 0 fully saturated rings. The first-order valence-corrected chi connectivity index (χ1v) is 12.6. The molecule has 36 heavy (non-hydrogen) atoms. The van der Waals surface area contributed by atoms with E-state index in [1.54, 1.807) is 50.1 Å². The Morgan fingerprint density at radius 3 is 2.28 bits per heavy atom. The van der Waals surface area contributed by atoms with Crippen molar-refractivity contribution in [3.8, 4) is 28.8 Å². The number of nitrogens with zero attached hydrogens (tertiary/aromatic N) is 8. The second-order valence-corrected chi connectivity index (χ2v) is 10.3. The summed E-state index contributed by atoms with van der Waals surface area (Å²) in [4.78, 5) is 12.5. The van der Waals surface area contributed by atoms with Gasteiger partial charge < -0.3 is 9.47 Å². The summed E-state index contributed by atoms with van der Waals surface area (Å²) in [5.41, 5.74) is 1.36. The Kier molecular flexibility index (Phi) is 7.08. The quantitative estimate of drug-likeness (QED) is 0.339. The number of methoxy groups -OCH3 is 2. The SMILES string of the molecule is COc1ncnc(OC)c1-n1c(NS(=O)(=O)C(C)C(C)c2ccc(Cl)cn2)nnc1-c1cnn(C)c1. The zero-order valence-electron chi connectivity index (χ0n) is 20.1. The number of aryl methyl sites for hydroxylation is 1. The predicted molar refractivity (Wildman–Crippen MR) is 132 cm³/mol. The summed E-state index contributed by atoms with van der Waals surface area (Å²) in [7, 11) is 0.596. The van der Waals surface area contributed by atoms with Crippen LogP contribution in [0.3, 0.4) is 0 Å². The number of aromatic nitrogens is 8. The highest BCUT2D eigenvalue weighted by atomic mass is 35.5. The number of nitrogens with one attached hydrogen (secondary N) is 1. The van der Waals surface area contributed by atoms with Gasteiger partial charge in [-0.15, -0.1) is 10.2 Å². The maximum atomic E-state index is 13.5. The molecule has 15 heteroatoms. The van der Waals surface area contributed by atoms with Gasteiger partial charge in [-0.3, -0.25) is 19.0 Å². The van der Waals surface area contributed by atoms with Crippen LogP contribution in [0.2, 0.25) is 5.02 Å². The fourth-order valence-electron chi connectivity index (χ4n) is 3.51. The third-order valence-corrected chi connectivity index (χ3v) is 7.71. The van der Waals surface area contributed by atoms with Gasteiger partial charge in [0.1, 0.15) is 6.33 Å². The van der Waals surface area contributed by atoms with Crippen LogP contribution in [-0.4, -0.2) is 67.4 Å². The molecule has 0 saturated heterocycles. The summed E-state index contributed by atoms with van der Waals surface area (Å²) >= 11 is 5.92. The van der Waals surface area contributed by atoms with Crippen LogP contribution in [0, 0.1) is 0 Å². The molecule has 0 aliphatic carbocycles. The fourth-order valence-corrected chi connectivity index (χ4v) is 4.87. The van der Waals surface area contributed by atoms with Crippen molar-refractivity contribution in [1.29, 1.82) is 0 Å². The third kappa shape index (κ3) is 4.81. The Bertz CT molecular complexity index is 1450. The molecule has 2 unspecified atom stereocenters.